The van der Waals surface area contributed by atoms with Gasteiger partial charge in [0.1, 0.15) is 16.5 Å². The van der Waals surface area contributed by atoms with Crippen molar-refractivity contribution < 1.29 is 32.2 Å². The largest absolute Gasteiger partial charge is 0.494 e. The minimum atomic E-state index is -4.72. The van der Waals surface area contributed by atoms with Crippen molar-refractivity contribution in [2.24, 2.45) is 0 Å². The van der Waals surface area contributed by atoms with E-state index in [-0.39, 0.29) is 28.9 Å². The molecule has 1 N–H and O–H groups in total. The maximum Gasteiger partial charge on any atom is 0.420 e. The fraction of sp³-hybridized carbons (Fsp3) is 0.231. The van der Waals surface area contributed by atoms with Crippen LogP contribution < -0.4 is 14.8 Å². The molecule has 0 saturated heterocycles. The number of alkyl halides is 3. The summed E-state index contributed by atoms with van der Waals surface area (Å²) in [5.74, 6) is -1.44. The Balaban J connectivity index is 1.36. The molecule has 15 heteroatoms. The second-order valence-corrected chi connectivity index (χ2v) is 10.3. The number of carbonyl (C=O) groups excluding carboxylic acids is 2. The highest BCUT2D eigenvalue weighted by Gasteiger charge is 2.38. The number of nitrogens with one attached hydrogen (secondary N) is 1. The Labute approximate surface area is 240 Å². The number of carbonyl (C=O) groups is 2. The lowest BCUT2D eigenvalue weighted by molar-refractivity contribution is -0.138. The fourth-order valence-corrected chi connectivity index (χ4v) is 5.48. The molecular formula is C26H20ClF3N6O4S. The van der Waals surface area contributed by atoms with Crippen molar-refractivity contribution in [3.8, 4) is 22.6 Å². The van der Waals surface area contributed by atoms with E-state index in [2.05, 4.69) is 25.3 Å². The summed E-state index contributed by atoms with van der Waals surface area (Å²) in [5.41, 5.74) is 0.957. The molecular weight excluding hydrogens is 585 g/mol. The number of anilines is 1. The zero-order valence-corrected chi connectivity index (χ0v) is 23.2. The highest BCUT2D eigenvalue weighted by Crippen LogP contribution is 2.39. The number of amides is 2. The third-order valence-corrected chi connectivity index (χ3v) is 7.41. The highest BCUT2D eigenvalue weighted by atomic mass is 35.5. The summed E-state index contributed by atoms with van der Waals surface area (Å²) in [6.45, 7) is 1.88. The normalized spacial score (nSPS) is 12.7. The van der Waals surface area contributed by atoms with Crippen molar-refractivity contribution in [2.45, 2.75) is 26.2 Å². The van der Waals surface area contributed by atoms with Crippen molar-refractivity contribution in [3.63, 3.8) is 0 Å². The first-order chi connectivity index (χ1) is 19.5. The van der Waals surface area contributed by atoms with Crippen molar-refractivity contribution in [1.29, 1.82) is 0 Å². The summed E-state index contributed by atoms with van der Waals surface area (Å²) in [6.07, 6.45) is -0.911. The Hall–Kier alpha value is -4.30. The van der Waals surface area contributed by atoms with Crippen molar-refractivity contribution in [2.75, 3.05) is 19.5 Å². The lowest BCUT2D eigenvalue weighted by Crippen LogP contribution is -2.27. The van der Waals surface area contributed by atoms with Gasteiger partial charge in [-0.2, -0.15) is 13.2 Å². The van der Waals surface area contributed by atoms with Gasteiger partial charge >= 0.3 is 6.18 Å². The minimum absolute atomic E-state index is 0.0195. The summed E-state index contributed by atoms with van der Waals surface area (Å²) in [4.78, 5) is 44.9. The van der Waals surface area contributed by atoms with Crippen LogP contribution in [0.2, 0.25) is 5.15 Å². The number of nitrogens with zero attached hydrogens (tertiary/aromatic N) is 5. The van der Waals surface area contributed by atoms with E-state index in [0.29, 0.717) is 33.1 Å². The first kappa shape index (κ1) is 28.2. The Morgan fingerprint density at radius 3 is 2.54 bits per heavy atom. The first-order valence-corrected chi connectivity index (χ1v) is 13.1. The van der Waals surface area contributed by atoms with Gasteiger partial charge in [-0.15, -0.1) is 0 Å². The number of aryl methyl sites for hydroxylation is 1. The number of hydrogen-bond acceptors (Lipinski definition) is 9. The van der Waals surface area contributed by atoms with Crippen molar-refractivity contribution in [3.05, 3.63) is 75.0 Å². The Kier molecular flexibility index (Phi) is 7.53. The van der Waals surface area contributed by atoms with Gasteiger partial charge in [-0.25, -0.2) is 15.0 Å². The van der Waals surface area contributed by atoms with Crippen LogP contribution in [0.15, 0.2) is 36.8 Å². The van der Waals surface area contributed by atoms with Gasteiger partial charge in [0.15, 0.2) is 16.6 Å². The zero-order valence-electron chi connectivity index (χ0n) is 21.7. The van der Waals surface area contributed by atoms with Crippen LogP contribution in [-0.2, 0) is 19.3 Å². The van der Waals surface area contributed by atoms with E-state index in [4.69, 9.17) is 21.1 Å². The van der Waals surface area contributed by atoms with Gasteiger partial charge in [0, 0.05) is 29.2 Å². The van der Waals surface area contributed by atoms with Gasteiger partial charge in [0.2, 0.25) is 0 Å². The monoisotopic (exact) mass is 604 g/mol. The molecule has 41 heavy (non-hydrogen) atoms. The number of hydrogen-bond donors (Lipinski definition) is 1. The quantitative estimate of drug-likeness (QED) is 0.291. The lowest BCUT2D eigenvalue weighted by Gasteiger charge is -2.19. The molecule has 10 nitrogen and oxygen atoms in total. The van der Waals surface area contributed by atoms with Gasteiger partial charge in [-0.05, 0) is 25.1 Å². The fourth-order valence-electron chi connectivity index (χ4n) is 4.34. The number of fused-ring (bicyclic) bond motifs is 1. The van der Waals surface area contributed by atoms with Crippen molar-refractivity contribution >= 4 is 39.9 Å². The van der Waals surface area contributed by atoms with Crippen molar-refractivity contribution in [1.82, 2.24) is 24.8 Å². The van der Waals surface area contributed by atoms with E-state index in [1.165, 1.54) is 24.4 Å². The second kappa shape index (κ2) is 10.9. The van der Waals surface area contributed by atoms with E-state index < -0.39 is 35.0 Å². The number of methoxy groups -OCH3 is 2. The van der Waals surface area contributed by atoms with E-state index >= 15 is 0 Å². The molecule has 0 aliphatic carbocycles. The molecule has 0 radical (unpaired) electrons. The van der Waals surface area contributed by atoms with Crippen LogP contribution in [-0.4, -0.2) is 50.9 Å². The standard InChI is InChI=1S/C26H20ClF3N6O4S/c1-12-6-13(14-7-20(27)33-9-18(14)39-2)15(8-32-12)23(37)35-25-34-17-10-36(11-19(17)41-25)24(38)21-22(40-3)16(4-5-31-21)26(28,29)30/h4-9H,10-11H2,1-3H3,(H,34,35,37). The number of thiazole rings is 1. The molecule has 0 bridgehead atoms. The van der Waals surface area contributed by atoms with E-state index in [9.17, 15) is 22.8 Å². The molecule has 4 aromatic rings. The molecule has 0 saturated carbocycles. The van der Waals surface area contributed by atoms with Crippen LogP contribution in [0.3, 0.4) is 0 Å². The predicted octanol–water partition coefficient (Wildman–Crippen LogP) is 5.40. The minimum Gasteiger partial charge on any atom is -0.494 e. The zero-order chi connectivity index (χ0) is 29.5. The maximum absolute atomic E-state index is 13.4. The Bertz CT molecular complexity index is 1660. The molecule has 1 aliphatic rings. The van der Waals surface area contributed by atoms with Gasteiger partial charge in [-0.3, -0.25) is 19.9 Å². The van der Waals surface area contributed by atoms with Crippen LogP contribution in [0.4, 0.5) is 18.3 Å². The summed E-state index contributed by atoms with van der Waals surface area (Å²) >= 11 is 7.25. The Morgan fingerprint density at radius 1 is 1.07 bits per heavy atom. The molecule has 5 heterocycles. The second-order valence-electron chi connectivity index (χ2n) is 8.82. The summed E-state index contributed by atoms with van der Waals surface area (Å²) in [6, 6.07) is 4.06. The van der Waals surface area contributed by atoms with Crippen LogP contribution in [0.25, 0.3) is 11.1 Å². The topological polar surface area (TPSA) is 119 Å². The molecule has 0 spiro atoms. The molecule has 0 aromatic carbocycles. The lowest BCUT2D eigenvalue weighted by atomic mass is 10.0. The molecule has 0 unspecified atom stereocenters. The number of halogens is 4. The Morgan fingerprint density at radius 2 is 1.85 bits per heavy atom. The smallest absolute Gasteiger partial charge is 0.420 e. The van der Waals surface area contributed by atoms with Crippen LogP contribution in [0.5, 0.6) is 11.5 Å². The van der Waals surface area contributed by atoms with Gasteiger partial charge in [0.05, 0.1) is 49.6 Å². The van der Waals surface area contributed by atoms with Crippen LogP contribution in [0.1, 0.15) is 42.7 Å². The average molecular weight is 605 g/mol. The number of aromatic nitrogens is 4. The van der Waals surface area contributed by atoms with E-state index in [1.54, 1.807) is 19.1 Å². The molecule has 5 rings (SSSR count). The van der Waals surface area contributed by atoms with E-state index in [0.717, 1.165) is 30.7 Å². The molecule has 212 valence electrons. The maximum atomic E-state index is 13.4. The van der Waals surface area contributed by atoms with Gasteiger partial charge < -0.3 is 14.4 Å². The molecule has 4 aromatic heterocycles. The van der Waals surface area contributed by atoms with Gasteiger partial charge in [0.25, 0.3) is 11.8 Å². The number of ether oxygens (including phenoxy) is 2. The molecule has 0 fully saturated rings. The number of rotatable bonds is 6. The molecule has 2 amide bonds. The number of pyridine rings is 3. The summed E-state index contributed by atoms with van der Waals surface area (Å²) in [5, 5.41) is 3.27. The molecule has 0 atom stereocenters. The van der Waals surface area contributed by atoms with Gasteiger partial charge in [-0.1, -0.05) is 22.9 Å². The summed E-state index contributed by atoms with van der Waals surface area (Å²) < 4.78 is 50.5. The first-order valence-electron chi connectivity index (χ1n) is 11.9. The SMILES string of the molecule is COc1cnc(Cl)cc1-c1cc(C)ncc1C(=O)Nc1nc2c(s1)CN(C(=O)c1nccc(C(F)(F)F)c1OC)C2. The third kappa shape index (κ3) is 5.52. The average Bonchev–Trinajstić information content (AvgIpc) is 3.50. The van der Waals surface area contributed by atoms with Crippen LogP contribution >= 0.6 is 22.9 Å². The molecule has 1 aliphatic heterocycles. The predicted molar refractivity (Wildman–Crippen MR) is 143 cm³/mol. The van der Waals surface area contributed by atoms with E-state index in [1.807, 2.05) is 0 Å². The highest BCUT2D eigenvalue weighted by molar-refractivity contribution is 7.16. The van der Waals surface area contributed by atoms with Crippen LogP contribution in [0, 0.1) is 6.92 Å². The summed E-state index contributed by atoms with van der Waals surface area (Å²) in [7, 11) is 2.53. The third-order valence-electron chi connectivity index (χ3n) is 6.21.